The van der Waals surface area contributed by atoms with Gasteiger partial charge in [-0.3, -0.25) is 0 Å². The van der Waals surface area contributed by atoms with Gasteiger partial charge in [-0.1, -0.05) is 29.4 Å². The number of nitrogens with zero attached hydrogens (tertiary/aromatic N) is 5. The number of aromatic amines is 1. The Kier molecular flexibility index (Phi) is 4.57. The van der Waals surface area contributed by atoms with Crippen LogP contribution in [0.3, 0.4) is 0 Å². The molecule has 0 spiro atoms. The first-order chi connectivity index (χ1) is 14.3. The number of aromatic nitrogens is 4. The lowest BCUT2D eigenvalue weighted by atomic mass is 10.1. The van der Waals surface area contributed by atoms with Crippen molar-refractivity contribution in [3.05, 3.63) is 60.9 Å². The number of anilines is 1. The normalized spacial score (nSPS) is 15.0. The maximum Gasteiger partial charge on any atom is 0.258 e. The molecule has 4 aromatic rings. The Morgan fingerprint density at radius 3 is 2.48 bits per heavy atom. The summed E-state index contributed by atoms with van der Waals surface area (Å²) < 4.78 is 5.53. The van der Waals surface area contributed by atoms with E-state index in [1.807, 2.05) is 36.5 Å². The Labute approximate surface area is 169 Å². The van der Waals surface area contributed by atoms with Gasteiger partial charge in [-0.25, -0.2) is 4.98 Å². The van der Waals surface area contributed by atoms with E-state index >= 15 is 0 Å². The number of piperazine rings is 1. The lowest BCUT2D eigenvalue weighted by molar-refractivity contribution is 0.313. The molecule has 1 aliphatic heterocycles. The smallest absolute Gasteiger partial charge is 0.258 e. The number of likely N-dealkylation sites (N-methyl/N-ethyl adjacent to an activating group) is 1. The van der Waals surface area contributed by atoms with Crippen LogP contribution in [0.15, 0.2) is 65.4 Å². The predicted octanol–water partition coefficient (Wildman–Crippen LogP) is 3.55. The number of imidazole rings is 1. The van der Waals surface area contributed by atoms with Gasteiger partial charge < -0.3 is 19.3 Å². The lowest BCUT2D eigenvalue weighted by Crippen LogP contribution is -2.44. The van der Waals surface area contributed by atoms with Crippen molar-refractivity contribution in [3.63, 3.8) is 0 Å². The minimum absolute atomic E-state index is 0.510. The zero-order chi connectivity index (χ0) is 19.6. The molecule has 2 aromatic carbocycles. The Morgan fingerprint density at radius 1 is 0.931 bits per heavy atom. The van der Waals surface area contributed by atoms with Gasteiger partial charge in [0.05, 0.1) is 0 Å². The van der Waals surface area contributed by atoms with Gasteiger partial charge in [0.15, 0.2) is 0 Å². The Balaban J connectivity index is 1.37. The topological polar surface area (TPSA) is 74.1 Å². The molecule has 0 saturated carbocycles. The first-order valence-electron chi connectivity index (χ1n) is 9.74. The molecule has 7 heteroatoms. The second-order valence-electron chi connectivity index (χ2n) is 7.28. The number of hydrogen-bond acceptors (Lipinski definition) is 6. The highest BCUT2D eigenvalue weighted by atomic mass is 16.5. The highest BCUT2D eigenvalue weighted by Gasteiger charge is 2.16. The fourth-order valence-corrected chi connectivity index (χ4v) is 3.56. The van der Waals surface area contributed by atoms with E-state index in [0.717, 1.165) is 48.7 Å². The third-order valence-corrected chi connectivity index (χ3v) is 5.30. The van der Waals surface area contributed by atoms with Gasteiger partial charge in [-0.05, 0) is 31.3 Å². The summed E-state index contributed by atoms with van der Waals surface area (Å²) in [5, 5.41) is 4.20. The predicted molar refractivity (Wildman–Crippen MR) is 112 cm³/mol. The maximum atomic E-state index is 5.53. The molecular formula is C22H22N6O. The monoisotopic (exact) mass is 386 g/mol. The molecule has 2 aromatic heterocycles. The fraction of sp³-hybridized carbons (Fsp3) is 0.227. The quantitative estimate of drug-likeness (QED) is 0.578. The Hall–Kier alpha value is -3.45. The van der Waals surface area contributed by atoms with E-state index in [4.69, 9.17) is 4.52 Å². The van der Waals surface area contributed by atoms with E-state index in [1.54, 1.807) is 6.20 Å². The van der Waals surface area contributed by atoms with E-state index in [-0.39, 0.29) is 0 Å². The van der Waals surface area contributed by atoms with Crippen molar-refractivity contribution < 1.29 is 4.52 Å². The van der Waals surface area contributed by atoms with Gasteiger partial charge in [0.1, 0.15) is 5.82 Å². The number of benzene rings is 2. The van der Waals surface area contributed by atoms with E-state index in [9.17, 15) is 0 Å². The first-order valence-corrected chi connectivity index (χ1v) is 9.74. The zero-order valence-electron chi connectivity index (χ0n) is 16.2. The molecule has 1 fully saturated rings. The molecule has 1 saturated heterocycles. The van der Waals surface area contributed by atoms with Crippen LogP contribution in [0, 0.1) is 0 Å². The molecule has 0 amide bonds. The van der Waals surface area contributed by atoms with Crippen molar-refractivity contribution in [2.75, 3.05) is 38.1 Å². The van der Waals surface area contributed by atoms with Gasteiger partial charge in [-0.15, -0.1) is 0 Å². The van der Waals surface area contributed by atoms with Crippen LogP contribution >= 0.6 is 0 Å². The standard InChI is InChI=1S/C22H22N6O/c1-27-11-13-28(14-12-27)19-4-2-3-18(15-19)21-25-22(29-26-21)17-7-5-16(6-8-17)20-23-9-10-24-20/h2-10,15H,11-14H2,1H3,(H,23,24). The van der Waals surface area contributed by atoms with E-state index in [0.29, 0.717) is 11.7 Å². The van der Waals surface area contributed by atoms with Crippen LogP contribution in [-0.4, -0.2) is 58.2 Å². The third kappa shape index (κ3) is 3.64. The summed E-state index contributed by atoms with van der Waals surface area (Å²) in [6.45, 7) is 4.20. The van der Waals surface area contributed by atoms with Crippen LogP contribution in [0.4, 0.5) is 5.69 Å². The van der Waals surface area contributed by atoms with Crippen molar-refractivity contribution in [1.29, 1.82) is 0 Å². The summed E-state index contributed by atoms with van der Waals surface area (Å²) >= 11 is 0. The summed E-state index contributed by atoms with van der Waals surface area (Å²) in [5.41, 5.74) is 4.06. The van der Waals surface area contributed by atoms with Crippen molar-refractivity contribution in [3.8, 4) is 34.2 Å². The average molecular weight is 386 g/mol. The Bertz CT molecular complexity index is 1080. The highest BCUT2D eigenvalue weighted by Crippen LogP contribution is 2.27. The minimum atomic E-state index is 0.510. The van der Waals surface area contributed by atoms with Crippen LogP contribution in [0.2, 0.25) is 0 Å². The summed E-state index contributed by atoms with van der Waals surface area (Å²) in [6.07, 6.45) is 3.55. The van der Waals surface area contributed by atoms with Crippen LogP contribution in [0.1, 0.15) is 0 Å². The Morgan fingerprint density at radius 2 is 1.72 bits per heavy atom. The van der Waals surface area contributed by atoms with Crippen molar-refractivity contribution in [1.82, 2.24) is 25.0 Å². The van der Waals surface area contributed by atoms with Crippen LogP contribution < -0.4 is 4.90 Å². The number of H-pyrrole nitrogens is 1. The molecule has 7 nitrogen and oxygen atoms in total. The third-order valence-electron chi connectivity index (χ3n) is 5.30. The van der Waals surface area contributed by atoms with E-state index < -0.39 is 0 Å². The number of rotatable bonds is 4. The maximum absolute atomic E-state index is 5.53. The van der Waals surface area contributed by atoms with Crippen LogP contribution in [-0.2, 0) is 0 Å². The summed E-state index contributed by atoms with van der Waals surface area (Å²) in [4.78, 5) is 16.7. The molecule has 0 radical (unpaired) electrons. The molecule has 0 atom stereocenters. The van der Waals surface area contributed by atoms with Crippen molar-refractivity contribution in [2.45, 2.75) is 0 Å². The van der Waals surface area contributed by atoms with Gasteiger partial charge in [0.2, 0.25) is 5.82 Å². The van der Waals surface area contributed by atoms with Crippen molar-refractivity contribution in [2.24, 2.45) is 0 Å². The number of hydrogen-bond donors (Lipinski definition) is 1. The molecule has 0 unspecified atom stereocenters. The molecule has 146 valence electrons. The molecule has 3 heterocycles. The first kappa shape index (κ1) is 17.6. The van der Waals surface area contributed by atoms with Crippen LogP contribution in [0.5, 0.6) is 0 Å². The molecule has 29 heavy (non-hydrogen) atoms. The number of nitrogens with one attached hydrogen (secondary N) is 1. The molecule has 1 N–H and O–H groups in total. The summed E-state index contributed by atoms with van der Waals surface area (Å²) in [7, 11) is 2.16. The van der Waals surface area contributed by atoms with Gasteiger partial charge >= 0.3 is 0 Å². The van der Waals surface area contributed by atoms with Gasteiger partial charge in [-0.2, -0.15) is 4.98 Å². The summed E-state index contributed by atoms with van der Waals surface area (Å²) in [6, 6.07) is 16.3. The van der Waals surface area contributed by atoms with Gasteiger partial charge in [0.25, 0.3) is 5.89 Å². The van der Waals surface area contributed by atoms with E-state index in [1.165, 1.54) is 5.69 Å². The molecular weight excluding hydrogens is 364 g/mol. The fourth-order valence-electron chi connectivity index (χ4n) is 3.56. The highest BCUT2D eigenvalue weighted by molar-refractivity contribution is 5.66. The van der Waals surface area contributed by atoms with Gasteiger partial charge in [0, 0.05) is 61.0 Å². The van der Waals surface area contributed by atoms with Crippen molar-refractivity contribution >= 4 is 5.69 Å². The molecule has 5 rings (SSSR count). The summed E-state index contributed by atoms with van der Waals surface area (Å²) in [5.74, 6) is 1.95. The molecule has 1 aliphatic rings. The zero-order valence-corrected chi connectivity index (χ0v) is 16.2. The second kappa shape index (κ2) is 7.52. The van der Waals surface area contributed by atoms with E-state index in [2.05, 4.69) is 55.2 Å². The minimum Gasteiger partial charge on any atom is -0.369 e. The SMILES string of the molecule is CN1CCN(c2cccc(-c3noc(-c4ccc(-c5ncc[nH]5)cc4)n3)c2)CC1. The average Bonchev–Trinajstić information content (AvgIpc) is 3.47. The molecule has 0 bridgehead atoms. The van der Waals surface area contributed by atoms with Crippen LogP contribution in [0.25, 0.3) is 34.2 Å². The largest absolute Gasteiger partial charge is 0.369 e. The lowest BCUT2D eigenvalue weighted by Gasteiger charge is -2.34. The second-order valence-corrected chi connectivity index (χ2v) is 7.28. The molecule has 0 aliphatic carbocycles.